The second-order valence-corrected chi connectivity index (χ2v) is 6.82. The maximum absolute atomic E-state index is 12.3. The molecule has 0 atom stereocenters. The second-order valence-electron chi connectivity index (χ2n) is 6.82. The number of hydrogen-bond acceptors (Lipinski definition) is 3. The standard InChI is InChI=1S/C20H25N5O/c1-13(2)25-14(3)10-17(15(25)4)11-21-23-20(26)12-24-16(5)22-18-8-6-7-9-19(18)24/h6-11,13H,12H2,1-5H3,(H,23,26)/b21-11-. The van der Waals surface area contributed by atoms with E-state index in [4.69, 9.17) is 0 Å². The molecule has 3 rings (SSSR count). The quantitative estimate of drug-likeness (QED) is 0.565. The Morgan fingerprint density at radius 3 is 2.69 bits per heavy atom. The van der Waals surface area contributed by atoms with Crippen molar-refractivity contribution in [2.45, 2.75) is 47.2 Å². The monoisotopic (exact) mass is 351 g/mol. The highest BCUT2D eigenvalue weighted by molar-refractivity contribution is 5.85. The van der Waals surface area contributed by atoms with Crippen LogP contribution in [0, 0.1) is 20.8 Å². The summed E-state index contributed by atoms with van der Waals surface area (Å²) >= 11 is 0. The Hall–Kier alpha value is -2.89. The minimum absolute atomic E-state index is 0.176. The zero-order chi connectivity index (χ0) is 18.8. The van der Waals surface area contributed by atoms with Crippen molar-refractivity contribution in [3.05, 3.63) is 53.1 Å². The van der Waals surface area contributed by atoms with E-state index in [2.05, 4.69) is 53.8 Å². The first-order valence-electron chi connectivity index (χ1n) is 8.80. The summed E-state index contributed by atoms with van der Waals surface area (Å²) in [7, 11) is 0. The van der Waals surface area contributed by atoms with Crippen LogP contribution in [-0.2, 0) is 11.3 Å². The van der Waals surface area contributed by atoms with Gasteiger partial charge in [-0.3, -0.25) is 4.79 Å². The first-order valence-corrected chi connectivity index (χ1v) is 8.80. The van der Waals surface area contributed by atoms with E-state index in [1.165, 1.54) is 5.69 Å². The molecule has 1 amide bonds. The molecule has 1 N–H and O–H groups in total. The fraction of sp³-hybridized carbons (Fsp3) is 0.350. The van der Waals surface area contributed by atoms with E-state index >= 15 is 0 Å². The topological polar surface area (TPSA) is 64.2 Å². The summed E-state index contributed by atoms with van der Waals surface area (Å²) in [5.41, 5.74) is 7.80. The summed E-state index contributed by atoms with van der Waals surface area (Å²) < 4.78 is 4.15. The highest BCUT2D eigenvalue weighted by Gasteiger charge is 2.11. The van der Waals surface area contributed by atoms with E-state index in [1.807, 2.05) is 35.8 Å². The lowest BCUT2D eigenvalue weighted by Crippen LogP contribution is -2.23. The van der Waals surface area contributed by atoms with Crippen LogP contribution in [0.3, 0.4) is 0 Å². The van der Waals surface area contributed by atoms with Crippen molar-refractivity contribution in [2.24, 2.45) is 5.10 Å². The van der Waals surface area contributed by atoms with Crippen molar-refractivity contribution in [3.63, 3.8) is 0 Å². The highest BCUT2D eigenvalue weighted by atomic mass is 16.2. The maximum Gasteiger partial charge on any atom is 0.260 e. The van der Waals surface area contributed by atoms with E-state index in [-0.39, 0.29) is 12.5 Å². The molecule has 0 bridgehead atoms. The minimum atomic E-state index is -0.176. The molecule has 2 heterocycles. The van der Waals surface area contributed by atoms with Crippen LogP contribution in [-0.4, -0.2) is 26.2 Å². The molecule has 1 aromatic carbocycles. The van der Waals surface area contributed by atoms with E-state index < -0.39 is 0 Å². The summed E-state index contributed by atoms with van der Waals surface area (Å²) in [6, 6.07) is 10.3. The van der Waals surface area contributed by atoms with Gasteiger partial charge < -0.3 is 9.13 Å². The van der Waals surface area contributed by atoms with Gasteiger partial charge in [0.15, 0.2) is 0 Å². The number of carbonyl (C=O) groups is 1. The van der Waals surface area contributed by atoms with Crippen LogP contribution in [0.25, 0.3) is 11.0 Å². The molecule has 6 heteroatoms. The van der Waals surface area contributed by atoms with E-state index in [0.29, 0.717) is 6.04 Å². The zero-order valence-electron chi connectivity index (χ0n) is 15.9. The summed E-state index contributed by atoms with van der Waals surface area (Å²) in [5.74, 6) is 0.635. The van der Waals surface area contributed by atoms with Crippen LogP contribution >= 0.6 is 0 Å². The Morgan fingerprint density at radius 2 is 2.00 bits per heavy atom. The van der Waals surface area contributed by atoms with Gasteiger partial charge in [-0.05, 0) is 52.8 Å². The Labute approximate surface area is 153 Å². The largest absolute Gasteiger partial charge is 0.346 e. The Bertz CT molecular complexity index is 978. The molecule has 0 saturated heterocycles. The van der Waals surface area contributed by atoms with Crippen LogP contribution in [0.5, 0.6) is 0 Å². The van der Waals surface area contributed by atoms with Gasteiger partial charge in [-0.15, -0.1) is 0 Å². The molecule has 0 aliphatic heterocycles. The molecule has 26 heavy (non-hydrogen) atoms. The van der Waals surface area contributed by atoms with Crippen molar-refractivity contribution in [2.75, 3.05) is 0 Å². The van der Waals surface area contributed by atoms with E-state index in [0.717, 1.165) is 28.1 Å². The molecule has 2 aromatic heterocycles. The number of nitrogens with zero attached hydrogens (tertiary/aromatic N) is 4. The van der Waals surface area contributed by atoms with Gasteiger partial charge in [-0.2, -0.15) is 5.10 Å². The number of imidazole rings is 1. The van der Waals surface area contributed by atoms with Crippen molar-refractivity contribution in [1.29, 1.82) is 0 Å². The second kappa shape index (κ2) is 7.15. The van der Waals surface area contributed by atoms with Gasteiger partial charge in [0, 0.05) is 23.0 Å². The van der Waals surface area contributed by atoms with Crippen LogP contribution < -0.4 is 5.43 Å². The summed E-state index contributed by atoms with van der Waals surface area (Å²) in [5, 5.41) is 4.13. The number of carbonyl (C=O) groups excluding carboxylic acids is 1. The van der Waals surface area contributed by atoms with Crippen molar-refractivity contribution in [3.8, 4) is 0 Å². The van der Waals surface area contributed by atoms with Gasteiger partial charge in [0.05, 0.1) is 17.2 Å². The van der Waals surface area contributed by atoms with Gasteiger partial charge >= 0.3 is 0 Å². The van der Waals surface area contributed by atoms with E-state index in [9.17, 15) is 4.79 Å². The number of nitrogens with one attached hydrogen (secondary N) is 1. The first-order chi connectivity index (χ1) is 12.4. The number of para-hydroxylation sites is 2. The van der Waals surface area contributed by atoms with Gasteiger partial charge in [-0.1, -0.05) is 12.1 Å². The van der Waals surface area contributed by atoms with Crippen molar-refractivity contribution >= 4 is 23.2 Å². The van der Waals surface area contributed by atoms with Gasteiger partial charge in [0.2, 0.25) is 0 Å². The zero-order valence-corrected chi connectivity index (χ0v) is 15.9. The molecule has 6 nitrogen and oxygen atoms in total. The SMILES string of the molecule is Cc1cc(/C=N\NC(=O)Cn2c(C)nc3ccccc32)c(C)n1C(C)C. The Morgan fingerprint density at radius 1 is 1.27 bits per heavy atom. The Kier molecular flexibility index (Phi) is 4.93. The fourth-order valence-electron chi connectivity index (χ4n) is 3.48. The van der Waals surface area contributed by atoms with Crippen molar-refractivity contribution in [1.82, 2.24) is 19.5 Å². The molecule has 0 radical (unpaired) electrons. The molecule has 3 aromatic rings. The maximum atomic E-state index is 12.3. The number of fused-ring (bicyclic) bond motifs is 1. The third-order valence-electron chi connectivity index (χ3n) is 4.58. The third-order valence-corrected chi connectivity index (χ3v) is 4.58. The molecule has 0 fully saturated rings. The number of hydrogen-bond donors (Lipinski definition) is 1. The molecule has 0 saturated carbocycles. The Balaban J connectivity index is 1.70. The molecular weight excluding hydrogens is 326 g/mol. The van der Waals surface area contributed by atoms with Crippen LogP contribution in [0.2, 0.25) is 0 Å². The molecule has 136 valence electrons. The van der Waals surface area contributed by atoms with Gasteiger partial charge in [0.1, 0.15) is 12.4 Å². The first kappa shape index (κ1) is 17.9. The number of aryl methyl sites for hydroxylation is 2. The van der Waals surface area contributed by atoms with Crippen LogP contribution in [0.15, 0.2) is 35.4 Å². The summed E-state index contributed by atoms with van der Waals surface area (Å²) in [6.07, 6.45) is 1.71. The lowest BCUT2D eigenvalue weighted by molar-refractivity contribution is -0.121. The molecule has 0 aliphatic rings. The summed E-state index contributed by atoms with van der Waals surface area (Å²) in [4.78, 5) is 16.8. The number of rotatable bonds is 5. The highest BCUT2D eigenvalue weighted by Crippen LogP contribution is 2.18. The lowest BCUT2D eigenvalue weighted by Gasteiger charge is -2.13. The predicted octanol–water partition coefficient (Wildman–Crippen LogP) is 3.49. The molecule has 0 unspecified atom stereocenters. The van der Waals surface area contributed by atoms with E-state index in [1.54, 1.807) is 6.21 Å². The van der Waals surface area contributed by atoms with Crippen LogP contribution in [0.1, 0.15) is 42.7 Å². The smallest absolute Gasteiger partial charge is 0.260 e. The van der Waals surface area contributed by atoms with Crippen molar-refractivity contribution < 1.29 is 4.79 Å². The average Bonchev–Trinajstić information content (AvgIpc) is 3.04. The third kappa shape index (κ3) is 3.40. The molecular formula is C20H25N5O. The van der Waals surface area contributed by atoms with Gasteiger partial charge in [0.25, 0.3) is 5.91 Å². The van der Waals surface area contributed by atoms with Gasteiger partial charge in [-0.25, -0.2) is 10.4 Å². The average molecular weight is 351 g/mol. The number of aromatic nitrogens is 3. The molecule has 0 aliphatic carbocycles. The predicted molar refractivity (Wildman–Crippen MR) is 104 cm³/mol. The minimum Gasteiger partial charge on any atom is -0.346 e. The van der Waals surface area contributed by atoms with Crippen LogP contribution in [0.4, 0.5) is 0 Å². The normalized spacial score (nSPS) is 11.8. The fourth-order valence-corrected chi connectivity index (χ4v) is 3.48. The number of amides is 1. The summed E-state index contributed by atoms with van der Waals surface area (Å²) in [6.45, 7) is 10.5. The number of hydrazone groups is 1. The number of benzene rings is 1. The lowest BCUT2D eigenvalue weighted by atomic mass is 10.2. The molecule has 0 spiro atoms.